The van der Waals surface area contributed by atoms with Crippen molar-refractivity contribution in [2.24, 2.45) is 0 Å². The quantitative estimate of drug-likeness (QED) is 0.471. The van der Waals surface area contributed by atoms with Crippen molar-refractivity contribution in [1.29, 1.82) is 0 Å². The Bertz CT molecular complexity index is 1510. The van der Waals surface area contributed by atoms with Crippen LogP contribution < -0.4 is 20.3 Å². The van der Waals surface area contributed by atoms with Gasteiger partial charge in [-0.2, -0.15) is 5.10 Å². The maximum absolute atomic E-state index is 13.0. The molecular formula is C25H23ClN4O4. The highest BCUT2D eigenvalue weighted by atomic mass is 35.5. The lowest BCUT2D eigenvalue weighted by Gasteiger charge is -2.14. The van der Waals surface area contributed by atoms with Gasteiger partial charge in [-0.15, -0.1) is 0 Å². The summed E-state index contributed by atoms with van der Waals surface area (Å²) in [4.78, 5) is 25.9. The number of aromatic nitrogens is 3. The Morgan fingerprint density at radius 2 is 1.91 bits per heavy atom. The van der Waals surface area contributed by atoms with Crippen LogP contribution in [-0.4, -0.2) is 27.0 Å². The molecule has 2 aromatic carbocycles. The largest absolute Gasteiger partial charge is 0.454 e. The zero-order valence-electron chi connectivity index (χ0n) is 19.0. The van der Waals surface area contributed by atoms with E-state index in [-0.39, 0.29) is 24.8 Å². The number of nitrogens with one attached hydrogen (secondary N) is 1. The van der Waals surface area contributed by atoms with Crippen molar-refractivity contribution >= 4 is 28.5 Å². The summed E-state index contributed by atoms with van der Waals surface area (Å²) in [5, 5.41) is 9.02. The molecule has 5 rings (SSSR count). The number of ether oxygens (including phenoxy) is 2. The molecule has 0 saturated carbocycles. The summed E-state index contributed by atoms with van der Waals surface area (Å²) in [6, 6.07) is 12.6. The molecule has 174 valence electrons. The van der Waals surface area contributed by atoms with Crippen LogP contribution in [0.5, 0.6) is 11.5 Å². The smallest absolute Gasteiger partial charge is 0.252 e. The van der Waals surface area contributed by atoms with E-state index in [0.29, 0.717) is 28.7 Å². The van der Waals surface area contributed by atoms with E-state index in [9.17, 15) is 9.59 Å². The van der Waals surface area contributed by atoms with Crippen LogP contribution in [0, 0.1) is 20.8 Å². The number of amides is 1. The summed E-state index contributed by atoms with van der Waals surface area (Å²) in [5.41, 5.74) is 4.32. The Morgan fingerprint density at radius 1 is 1.12 bits per heavy atom. The molecular weight excluding hydrogens is 456 g/mol. The van der Waals surface area contributed by atoms with Gasteiger partial charge in [-0.25, -0.2) is 4.68 Å². The summed E-state index contributed by atoms with van der Waals surface area (Å²) in [5.74, 6) is 1.04. The number of halogens is 1. The highest BCUT2D eigenvalue weighted by Crippen LogP contribution is 2.32. The Kier molecular flexibility index (Phi) is 5.53. The molecule has 0 spiro atoms. The Balaban J connectivity index is 1.50. The Morgan fingerprint density at radius 3 is 2.74 bits per heavy atom. The molecule has 0 radical (unpaired) electrons. The number of hydrogen-bond acceptors (Lipinski definition) is 5. The van der Waals surface area contributed by atoms with Crippen molar-refractivity contribution in [2.75, 3.05) is 6.79 Å². The topological polar surface area (TPSA) is 87.4 Å². The first kappa shape index (κ1) is 22.0. The molecule has 1 N–H and O–H groups in total. The monoisotopic (exact) mass is 478 g/mol. The van der Waals surface area contributed by atoms with Gasteiger partial charge in [0.1, 0.15) is 12.2 Å². The fraction of sp³-hybridized carbons (Fsp3) is 0.240. The lowest BCUT2D eigenvalue weighted by Crippen LogP contribution is -2.32. The fourth-order valence-electron chi connectivity index (χ4n) is 4.26. The third kappa shape index (κ3) is 3.80. The van der Waals surface area contributed by atoms with E-state index < -0.39 is 0 Å². The minimum absolute atomic E-state index is 0.148. The first-order valence-corrected chi connectivity index (χ1v) is 11.2. The van der Waals surface area contributed by atoms with Gasteiger partial charge in [0, 0.05) is 23.0 Å². The van der Waals surface area contributed by atoms with Gasteiger partial charge < -0.3 is 14.8 Å². The van der Waals surface area contributed by atoms with Crippen LogP contribution in [0.25, 0.3) is 16.7 Å². The van der Waals surface area contributed by atoms with Gasteiger partial charge in [0.15, 0.2) is 11.5 Å². The van der Waals surface area contributed by atoms with Crippen LogP contribution in [0.4, 0.5) is 0 Å². The summed E-state index contributed by atoms with van der Waals surface area (Å²) in [7, 11) is 0. The lowest BCUT2D eigenvalue weighted by atomic mass is 10.1. The molecule has 0 atom stereocenters. The molecule has 0 fully saturated rings. The minimum Gasteiger partial charge on any atom is -0.454 e. The number of fused-ring (bicyclic) bond motifs is 2. The average molecular weight is 479 g/mol. The first-order chi connectivity index (χ1) is 16.3. The van der Waals surface area contributed by atoms with Crippen LogP contribution >= 0.6 is 11.6 Å². The maximum Gasteiger partial charge on any atom is 0.252 e. The molecule has 9 heteroatoms. The standard InChI is InChI=1S/C25H23ClN4O4/c1-14-9-23(32)29(12-22(31)27-11-17-7-8-20-21(10-17)34-13-33-20)25-24(14)16(3)28-30(25)19-6-4-5-18(26)15(19)2/h4-10H,11-13H2,1-3H3,(H,27,31). The minimum atomic E-state index is -0.293. The predicted octanol–water partition coefficient (Wildman–Crippen LogP) is 3.81. The zero-order chi connectivity index (χ0) is 24.0. The number of benzene rings is 2. The summed E-state index contributed by atoms with van der Waals surface area (Å²) in [6.07, 6.45) is 0. The number of nitrogens with zero attached hydrogens (tertiary/aromatic N) is 3. The number of rotatable bonds is 5. The third-order valence-corrected chi connectivity index (χ3v) is 6.40. The van der Waals surface area contributed by atoms with Crippen molar-refractivity contribution in [2.45, 2.75) is 33.9 Å². The Hall–Kier alpha value is -3.78. The molecule has 4 aromatic rings. The summed E-state index contributed by atoms with van der Waals surface area (Å²) >= 11 is 6.35. The van der Waals surface area contributed by atoms with Gasteiger partial charge in [-0.05, 0) is 61.7 Å². The van der Waals surface area contributed by atoms with Gasteiger partial charge in [0.2, 0.25) is 12.7 Å². The van der Waals surface area contributed by atoms with E-state index >= 15 is 0 Å². The fourth-order valence-corrected chi connectivity index (χ4v) is 4.43. The number of hydrogen-bond donors (Lipinski definition) is 1. The SMILES string of the molecule is Cc1c(Cl)cccc1-n1nc(C)c2c(C)cc(=O)n(CC(=O)NCc3ccc4c(c3)OCO4)c21. The summed E-state index contributed by atoms with van der Waals surface area (Å²) < 4.78 is 13.9. The highest BCUT2D eigenvalue weighted by Gasteiger charge is 2.20. The van der Waals surface area contributed by atoms with Crippen LogP contribution in [0.1, 0.15) is 22.4 Å². The molecule has 3 heterocycles. The zero-order valence-corrected chi connectivity index (χ0v) is 19.8. The molecule has 2 aromatic heterocycles. The first-order valence-electron chi connectivity index (χ1n) is 10.8. The van der Waals surface area contributed by atoms with Crippen LogP contribution in [0.2, 0.25) is 5.02 Å². The molecule has 8 nitrogen and oxygen atoms in total. The van der Waals surface area contributed by atoms with E-state index in [1.165, 1.54) is 10.6 Å². The van der Waals surface area contributed by atoms with E-state index in [1.54, 1.807) is 10.7 Å². The average Bonchev–Trinajstić information content (AvgIpc) is 3.41. The molecule has 0 aliphatic carbocycles. The van der Waals surface area contributed by atoms with E-state index in [2.05, 4.69) is 5.32 Å². The van der Waals surface area contributed by atoms with E-state index in [4.69, 9.17) is 26.2 Å². The lowest BCUT2D eigenvalue weighted by molar-refractivity contribution is -0.121. The van der Waals surface area contributed by atoms with Crippen molar-refractivity contribution in [3.63, 3.8) is 0 Å². The molecule has 0 unspecified atom stereocenters. The van der Waals surface area contributed by atoms with Gasteiger partial charge in [-0.3, -0.25) is 14.2 Å². The van der Waals surface area contributed by atoms with E-state index in [1.807, 2.05) is 51.1 Å². The molecule has 1 amide bonds. The van der Waals surface area contributed by atoms with Gasteiger partial charge >= 0.3 is 0 Å². The number of carbonyl (C=O) groups excluding carboxylic acids is 1. The van der Waals surface area contributed by atoms with Crippen molar-refractivity contribution in [3.05, 3.63) is 80.2 Å². The van der Waals surface area contributed by atoms with Gasteiger partial charge in [-0.1, -0.05) is 23.7 Å². The maximum atomic E-state index is 13.0. The molecule has 1 aliphatic rings. The van der Waals surface area contributed by atoms with Gasteiger partial charge in [0.05, 0.1) is 11.4 Å². The second-order valence-corrected chi connectivity index (χ2v) is 8.70. The van der Waals surface area contributed by atoms with Gasteiger partial charge in [0.25, 0.3) is 5.56 Å². The Labute approximate surface area is 200 Å². The molecule has 1 aliphatic heterocycles. The number of pyridine rings is 1. The second-order valence-electron chi connectivity index (χ2n) is 8.30. The molecule has 0 bridgehead atoms. The molecule has 34 heavy (non-hydrogen) atoms. The van der Waals surface area contributed by atoms with Crippen molar-refractivity contribution < 1.29 is 14.3 Å². The number of carbonyl (C=O) groups is 1. The van der Waals surface area contributed by atoms with Crippen LogP contribution in [-0.2, 0) is 17.9 Å². The molecule has 0 saturated heterocycles. The van der Waals surface area contributed by atoms with E-state index in [0.717, 1.165) is 33.5 Å². The predicted molar refractivity (Wildman–Crippen MR) is 129 cm³/mol. The second kappa shape index (κ2) is 8.53. The summed E-state index contributed by atoms with van der Waals surface area (Å²) in [6.45, 7) is 6.00. The third-order valence-electron chi connectivity index (χ3n) is 5.99. The van der Waals surface area contributed by atoms with Crippen LogP contribution in [0.15, 0.2) is 47.3 Å². The highest BCUT2D eigenvalue weighted by molar-refractivity contribution is 6.31. The number of aryl methyl sites for hydroxylation is 2. The van der Waals surface area contributed by atoms with Crippen molar-refractivity contribution in [3.8, 4) is 17.2 Å². The van der Waals surface area contributed by atoms with Crippen molar-refractivity contribution in [1.82, 2.24) is 19.7 Å². The normalized spacial score (nSPS) is 12.4. The van der Waals surface area contributed by atoms with Crippen LogP contribution in [0.3, 0.4) is 0 Å².